The SMILES string of the molecule is OCC(Cc1c(F)ccc(Br)c1F)c1ccc(Cl)cc1. The molecule has 1 N–H and O–H groups in total. The van der Waals surface area contributed by atoms with Crippen LogP contribution < -0.4 is 0 Å². The minimum atomic E-state index is -0.627. The zero-order valence-electron chi connectivity index (χ0n) is 10.4. The quantitative estimate of drug-likeness (QED) is 0.783. The summed E-state index contributed by atoms with van der Waals surface area (Å²) < 4.78 is 27.9. The van der Waals surface area contributed by atoms with Gasteiger partial charge in [0.2, 0.25) is 0 Å². The van der Waals surface area contributed by atoms with E-state index >= 15 is 0 Å². The molecule has 5 heteroatoms. The third-order valence-electron chi connectivity index (χ3n) is 3.15. The average Bonchev–Trinajstić information content (AvgIpc) is 2.45. The van der Waals surface area contributed by atoms with Gasteiger partial charge in [0.15, 0.2) is 0 Å². The van der Waals surface area contributed by atoms with Gasteiger partial charge in [0.25, 0.3) is 0 Å². The van der Waals surface area contributed by atoms with Gasteiger partial charge in [-0.2, -0.15) is 0 Å². The molecule has 0 bridgehead atoms. The van der Waals surface area contributed by atoms with Crippen molar-refractivity contribution < 1.29 is 13.9 Å². The average molecular weight is 362 g/mol. The molecule has 0 fully saturated rings. The molecule has 0 saturated carbocycles. The van der Waals surface area contributed by atoms with Crippen LogP contribution in [0.1, 0.15) is 17.0 Å². The highest BCUT2D eigenvalue weighted by Crippen LogP contribution is 2.28. The Morgan fingerprint density at radius 1 is 1.10 bits per heavy atom. The molecule has 2 aromatic rings. The van der Waals surface area contributed by atoms with Gasteiger partial charge in [-0.15, -0.1) is 0 Å². The Balaban J connectivity index is 2.31. The molecule has 0 aromatic heterocycles. The molecule has 2 aromatic carbocycles. The zero-order valence-corrected chi connectivity index (χ0v) is 12.8. The molecule has 0 amide bonds. The third-order valence-corrected chi connectivity index (χ3v) is 4.02. The molecule has 0 aliphatic rings. The van der Waals surface area contributed by atoms with Crippen LogP contribution in [0.4, 0.5) is 8.78 Å². The van der Waals surface area contributed by atoms with Crippen LogP contribution in [-0.4, -0.2) is 11.7 Å². The summed E-state index contributed by atoms with van der Waals surface area (Å²) in [5.74, 6) is -1.62. The fraction of sp³-hybridized carbons (Fsp3) is 0.200. The van der Waals surface area contributed by atoms with E-state index in [1.54, 1.807) is 24.3 Å². The molecule has 0 radical (unpaired) electrons. The van der Waals surface area contributed by atoms with Crippen molar-refractivity contribution in [1.82, 2.24) is 0 Å². The summed E-state index contributed by atoms with van der Waals surface area (Å²) in [6.07, 6.45) is 0.0786. The molecule has 0 aliphatic heterocycles. The maximum absolute atomic E-state index is 13.9. The number of aliphatic hydroxyl groups excluding tert-OH is 1. The summed E-state index contributed by atoms with van der Waals surface area (Å²) >= 11 is 8.84. The number of rotatable bonds is 4. The second-order valence-electron chi connectivity index (χ2n) is 4.46. The highest BCUT2D eigenvalue weighted by molar-refractivity contribution is 9.10. The molecule has 106 valence electrons. The van der Waals surface area contributed by atoms with Crippen molar-refractivity contribution in [2.24, 2.45) is 0 Å². The van der Waals surface area contributed by atoms with Gasteiger partial charge in [-0.05, 0) is 52.2 Å². The first-order chi connectivity index (χ1) is 9.52. The molecule has 0 aliphatic carbocycles. The van der Waals surface area contributed by atoms with Crippen LogP contribution in [0.15, 0.2) is 40.9 Å². The Labute approximate surface area is 129 Å². The van der Waals surface area contributed by atoms with E-state index in [4.69, 9.17) is 11.6 Å². The van der Waals surface area contributed by atoms with Crippen molar-refractivity contribution in [1.29, 1.82) is 0 Å². The van der Waals surface area contributed by atoms with Crippen LogP contribution in [0.3, 0.4) is 0 Å². The van der Waals surface area contributed by atoms with E-state index in [0.29, 0.717) is 5.02 Å². The second kappa shape index (κ2) is 6.66. The zero-order chi connectivity index (χ0) is 14.7. The molecular formula is C15H12BrClF2O. The van der Waals surface area contributed by atoms with E-state index in [1.165, 1.54) is 12.1 Å². The molecule has 0 heterocycles. The standard InChI is InChI=1S/C15H12BrClF2O/c16-13-5-6-14(18)12(15(13)19)7-10(8-20)9-1-3-11(17)4-2-9/h1-6,10,20H,7-8H2. The minimum absolute atomic E-state index is 0.0339. The van der Waals surface area contributed by atoms with Crippen LogP contribution in [0.5, 0.6) is 0 Å². The van der Waals surface area contributed by atoms with Crippen LogP contribution in [0.2, 0.25) is 5.02 Å². The van der Waals surface area contributed by atoms with E-state index in [-0.39, 0.29) is 29.0 Å². The van der Waals surface area contributed by atoms with Gasteiger partial charge < -0.3 is 5.11 Å². The normalized spacial score (nSPS) is 12.4. The van der Waals surface area contributed by atoms with Gasteiger partial charge in [-0.1, -0.05) is 23.7 Å². The highest BCUT2D eigenvalue weighted by atomic mass is 79.9. The van der Waals surface area contributed by atoms with E-state index in [2.05, 4.69) is 15.9 Å². The van der Waals surface area contributed by atoms with Crippen molar-refractivity contribution in [3.05, 3.63) is 68.7 Å². The van der Waals surface area contributed by atoms with Crippen LogP contribution >= 0.6 is 27.5 Å². The van der Waals surface area contributed by atoms with Crippen LogP contribution in [0.25, 0.3) is 0 Å². The molecule has 2 rings (SSSR count). The summed E-state index contributed by atoms with van der Waals surface area (Å²) in [6, 6.07) is 9.40. The van der Waals surface area contributed by atoms with Crippen LogP contribution in [0, 0.1) is 11.6 Å². The smallest absolute Gasteiger partial charge is 0.143 e. The van der Waals surface area contributed by atoms with Gasteiger partial charge in [-0.25, -0.2) is 8.78 Å². The predicted octanol–water partition coefficient (Wildman–Crippen LogP) is 4.70. The van der Waals surface area contributed by atoms with E-state index in [9.17, 15) is 13.9 Å². The fourth-order valence-corrected chi connectivity index (χ4v) is 2.52. The van der Waals surface area contributed by atoms with Crippen molar-refractivity contribution in [2.45, 2.75) is 12.3 Å². The largest absolute Gasteiger partial charge is 0.396 e. The van der Waals surface area contributed by atoms with Crippen LogP contribution in [-0.2, 0) is 6.42 Å². The Morgan fingerprint density at radius 2 is 1.75 bits per heavy atom. The molecule has 1 atom stereocenters. The molecule has 1 nitrogen and oxygen atoms in total. The van der Waals surface area contributed by atoms with Gasteiger partial charge in [0.05, 0.1) is 11.1 Å². The Bertz CT molecular complexity index is 602. The Hall–Kier alpha value is -0.970. The fourth-order valence-electron chi connectivity index (χ4n) is 2.03. The summed E-state index contributed by atoms with van der Waals surface area (Å²) in [5, 5.41) is 10.0. The number of hydrogen-bond acceptors (Lipinski definition) is 1. The van der Waals surface area contributed by atoms with E-state index in [0.717, 1.165) is 5.56 Å². The van der Waals surface area contributed by atoms with Gasteiger partial charge in [0.1, 0.15) is 11.6 Å². The maximum Gasteiger partial charge on any atom is 0.143 e. The van der Waals surface area contributed by atoms with Crippen molar-refractivity contribution in [3.8, 4) is 0 Å². The minimum Gasteiger partial charge on any atom is -0.396 e. The van der Waals surface area contributed by atoms with Gasteiger partial charge in [-0.3, -0.25) is 0 Å². The molecular weight excluding hydrogens is 350 g/mol. The lowest BCUT2D eigenvalue weighted by molar-refractivity contribution is 0.263. The molecule has 1 unspecified atom stereocenters. The van der Waals surface area contributed by atoms with Gasteiger partial charge >= 0.3 is 0 Å². The lowest BCUT2D eigenvalue weighted by Gasteiger charge is -2.16. The highest BCUT2D eigenvalue weighted by Gasteiger charge is 2.18. The molecule has 0 saturated heterocycles. The van der Waals surface area contributed by atoms with E-state index in [1.807, 2.05) is 0 Å². The first-order valence-electron chi connectivity index (χ1n) is 6.01. The number of aliphatic hydroxyl groups is 1. The second-order valence-corrected chi connectivity index (χ2v) is 5.75. The first-order valence-corrected chi connectivity index (χ1v) is 7.18. The maximum atomic E-state index is 13.9. The topological polar surface area (TPSA) is 20.2 Å². The number of benzene rings is 2. The monoisotopic (exact) mass is 360 g/mol. The number of hydrogen-bond donors (Lipinski definition) is 1. The van der Waals surface area contributed by atoms with E-state index < -0.39 is 11.6 Å². The summed E-state index contributed by atoms with van der Waals surface area (Å²) in [5.41, 5.74) is 0.754. The summed E-state index contributed by atoms with van der Waals surface area (Å²) in [7, 11) is 0. The Kier molecular flexibility index (Phi) is 5.13. The molecule has 20 heavy (non-hydrogen) atoms. The lowest BCUT2D eigenvalue weighted by atomic mass is 9.92. The Morgan fingerprint density at radius 3 is 2.35 bits per heavy atom. The van der Waals surface area contributed by atoms with Crippen molar-refractivity contribution in [3.63, 3.8) is 0 Å². The number of halogens is 4. The van der Waals surface area contributed by atoms with Crippen molar-refractivity contribution >= 4 is 27.5 Å². The lowest BCUT2D eigenvalue weighted by Crippen LogP contribution is -2.10. The third kappa shape index (κ3) is 3.37. The molecule has 0 spiro atoms. The summed E-state index contributed by atoms with van der Waals surface area (Å²) in [4.78, 5) is 0. The van der Waals surface area contributed by atoms with Gasteiger partial charge in [0, 0.05) is 16.5 Å². The summed E-state index contributed by atoms with van der Waals surface area (Å²) in [6.45, 7) is -0.201. The predicted molar refractivity (Wildman–Crippen MR) is 79.0 cm³/mol. The van der Waals surface area contributed by atoms with Crippen molar-refractivity contribution in [2.75, 3.05) is 6.61 Å². The first kappa shape index (κ1) is 15.4.